The number of para-hydroxylation sites is 1. The van der Waals surface area contributed by atoms with Crippen LogP contribution in [-0.2, 0) is 4.79 Å². The average Bonchev–Trinajstić information content (AvgIpc) is 3.18. The van der Waals surface area contributed by atoms with E-state index in [1.807, 2.05) is 60.4 Å². The van der Waals surface area contributed by atoms with E-state index in [4.69, 9.17) is 4.74 Å². The van der Waals surface area contributed by atoms with Gasteiger partial charge in [0.15, 0.2) is 5.13 Å². The number of amides is 1. The van der Waals surface area contributed by atoms with Gasteiger partial charge in [0.1, 0.15) is 11.1 Å². The lowest BCUT2D eigenvalue weighted by atomic mass is 10.2. The van der Waals surface area contributed by atoms with Gasteiger partial charge in [0.25, 0.3) is 0 Å². The maximum atomic E-state index is 12.5. The molecule has 3 aromatic rings. The van der Waals surface area contributed by atoms with E-state index < -0.39 is 0 Å². The van der Waals surface area contributed by atoms with Crippen LogP contribution in [-0.4, -0.2) is 23.3 Å². The largest absolute Gasteiger partial charge is 0.494 e. The van der Waals surface area contributed by atoms with Crippen LogP contribution in [0.15, 0.2) is 48.5 Å². The van der Waals surface area contributed by atoms with E-state index in [2.05, 4.69) is 4.98 Å². The summed E-state index contributed by atoms with van der Waals surface area (Å²) in [4.78, 5) is 18.9. The molecule has 1 aliphatic heterocycles. The molecule has 1 fully saturated rings. The number of thiazole rings is 1. The summed E-state index contributed by atoms with van der Waals surface area (Å²) in [6, 6.07) is 16.0. The summed E-state index contributed by atoms with van der Waals surface area (Å²) in [5.74, 6) is 1.44. The van der Waals surface area contributed by atoms with E-state index in [0.717, 1.165) is 26.7 Å². The summed E-state index contributed by atoms with van der Waals surface area (Å²) >= 11 is 3.20. The van der Waals surface area contributed by atoms with Gasteiger partial charge in [0, 0.05) is 0 Å². The van der Waals surface area contributed by atoms with Crippen LogP contribution >= 0.6 is 23.1 Å². The average molecular weight is 356 g/mol. The second-order valence-electron chi connectivity index (χ2n) is 5.39. The summed E-state index contributed by atoms with van der Waals surface area (Å²) in [5, 5.41) is 0.735. The van der Waals surface area contributed by atoms with Crippen LogP contribution in [0, 0.1) is 0 Å². The number of hydrogen-bond acceptors (Lipinski definition) is 5. The predicted octanol–water partition coefficient (Wildman–Crippen LogP) is 4.47. The lowest BCUT2D eigenvalue weighted by Crippen LogP contribution is -2.27. The molecule has 2 aromatic carbocycles. The fraction of sp³-hybridized carbons (Fsp3) is 0.222. The molecule has 0 bridgehead atoms. The third kappa shape index (κ3) is 2.76. The molecule has 1 aromatic heterocycles. The summed E-state index contributed by atoms with van der Waals surface area (Å²) in [7, 11) is 0. The third-order valence-electron chi connectivity index (χ3n) is 3.83. The minimum atomic E-state index is -0.0336. The van der Waals surface area contributed by atoms with Crippen molar-refractivity contribution < 1.29 is 9.53 Å². The first-order valence-corrected chi connectivity index (χ1v) is 9.65. The van der Waals surface area contributed by atoms with Crippen molar-refractivity contribution in [2.75, 3.05) is 17.3 Å². The molecule has 0 aliphatic carbocycles. The van der Waals surface area contributed by atoms with E-state index in [9.17, 15) is 4.79 Å². The van der Waals surface area contributed by atoms with Crippen molar-refractivity contribution in [2.45, 2.75) is 12.3 Å². The second-order valence-corrected chi connectivity index (χ2v) is 7.47. The third-order valence-corrected chi connectivity index (χ3v) is 6.08. The monoisotopic (exact) mass is 356 g/mol. The molecule has 122 valence electrons. The number of nitrogens with zero attached hydrogens (tertiary/aromatic N) is 2. The van der Waals surface area contributed by atoms with E-state index in [1.165, 1.54) is 0 Å². The summed E-state index contributed by atoms with van der Waals surface area (Å²) in [6.07, 6.45) is 0. The minimum Gasteiger partial charge on any atom is -0.494 e. The van der Waals surface area contributed by atoms with Gasteiger partial charge in [-0.1, -0.05) is 35.6 Å². The number of rotatable bonds is 4. The fourth-order valence-electron chi connectivity index (χ4n) is 2.74. The van der Waals surface area contributed by atoms with Gasteiger partial charge in [-0.3, -0.25) is 9.69 Å². The molecule has 6 heteroatoms. The van der Waals surface area contributed by atoms with Gasteiger partial charge in [-0.25, -0.2) is 4.98 Å². The first kappa shape index (κ1) is 15.5. The number of carbonyl (C=O) groups is 1. The number of thioether (sulfide) groups is 1. The first-order valence-electron chi connectivity index (χ1n) is 7.78. The molecular weight excluding hydrogens is 340 g/mol. The van der Waals surface area contributed by atoms with Crippen LogP contribution in [0.5, 0.6) is 5.75 Å². The zero-order chi connectivity index (χ0) is 16.5. The number of ether oxygens (including phenoxy) is 1. The Kier molecular flexibility index (Phi) is 4.16. The normalized spacial score (nSPS) is 17.6. The van der Waals surface area contributed by atoms with E-state index in [-0.39, 0.29) is 11.3 Å². The Hall–Kier alpha value is -2.05. The Bertz CT molecular complexity index is 843. The summed E-state index contributed by atoms with van der Waals surface area (Å²) in [6.45, 7) is 2.61. The van der Waals surface area contributed by atoms with Crippen LogP contribution in [0.1, 0.15) is 17.9 Å². The zero-order valence-corrected chi connectivity index (χ0v) is 14.8. The number of anilines is 1. The van der Waals surface area contributed by atoms with Crippen LogP contribution in [0.25, 0.3) is 10.2 Å². The summed E-state index contributed by atoms with van der Waals surface area (Å²) < 4.78 is 6.60. The van der Waals surface area contributed by atoms with Gasteiger partial charge < -0.3 is 4.74 Å². The van der Waals surface area contributed by atoms with Gasteiger partial charge in [-0.15, -0.1) is 11.8 Å². The van der Waals surface area contributed by atoms with Gasteiger partial charge in [-0.2, -0.15) is 0 Å². The van der Waals surface area contributed by atoms with E-state index in [0.29, 0.717) is 12.4 Å². The maximum Gasteiger partial charge on any atom is 0.240 e. The lowest BCUT2D eigenvalue weighted by Gasteiger charge is -2.21. The number of hydrogen-bond donors (Lipinski definition) is 0. The van der Waals surface area contributed by atoms with Crippen molar-refractivity contribution in [1.82, 2.24) is 4.98 Å². The molecule has 0 saturated carbocycles. The number of benzene rings is 2. The zero-order valence-electron chi connectivity index (χ0n) is 13.1. The van der Waals surface area contributed by atoms with Gasteiger partial charge in [0.05, 0.1) is 22.6 Å². The van der Waals surface area contributed by atoms with Gasteiger partial charge in [-0.05, 0) is 36.8 Å². The Morgan fingerprint density at radius 2 is 2.00 bits per heavy atom. The van der Waals surface area contributed by atoms with Crippen molar-refractivity contribution in [1.29, 1.82) is 0 Å². The molecule has 0 radical (unpaired) electrons. The van der Waals surface area contributed by atoms with Crippen LogP contribution < -0.4 is 9.64 Å². The molecule has 1 atom stereocenters. The molecule has 1 unspecified atom stereocenters. The van der Waals surface area contributed by atoms with Crippen molar-refractivity contribution in [3.8, 4) is 5.75 Å². The fourth-order valence-corrected chi connectivity index (χ4v) is 4.97. The molecule has 1 amide bonds. The Morgan fingerprint density at radius 3 is 2.75 bits per heavy atom. The number of fused-ring (bicyclic) bond motifs is 1. The minimum absolute atomic E-state index is 0.0336. The van der Waals surface area contributed by atoms with Crippen LogP contribution in [0.4, 0.5) is 5.13 Å². The molecule has 24 heavy (non-hydrogen) atoms. The highest BCUT2D eigenvalue weighted by atomic mass is 32.2. The number of carbonyl (C=O) groups excluding carboxylic acids is 1. The first-order chi connectivity index (χ1) is 11.8. The molecule has 0 N–H and O–H groups in total. The standard InChI is InChI=1S/C18H16N2O2S2/c1-2-22-13-9-7-12(8-10-13)17-20(16(21)11-23-17)18-19-14-5-3-4-6-15(14)24-18/h3-10,17H,2,11H2,1H3. The maximum absolute atomic E-state index is 12.5. The summed E-state index contributed by atoms with van der Waals surface area (Å²) in [5.41, 5.74) is 2.03. The van der Waals surface area contributed by atoms with E-state index in [1.54, 1.807) is 23.1 Å². The highest BCUT2D eigenvalue weighted by Gasteiger charge is 2.35. The SMILES string of the molecule is CCOc1ccc(C2SCC(=O)N2c2nc3ccccc3s2)cc1. The van der Waals surface area contributed by atoms with Crippen molar-refractivity contribution in [2.24, 2.45) is 0 Å². The van der Waals surface area contributed by atoms with Crippen molar-refractivity contribution >= 4 is 44.4 Å². The smallest absolute Gasteiger partial charge is 0.240 e. The number of aromatic nitrogens is 1. The van der Waals surface area contributed by atoms with Gasteiger partial charge >= 0.3 is 0 Å². The highest BCUT2D eigenvalue weighted by molar-refractivity contribution is 8.00. The highest BCUT2D eigenvalue weighted by Crippen LogP contribution is 2.44. The van der Waals surface area contributed by atoms with E-state index >= 15 is 0 Å². The van der Waals surface area contributed by atoms with Crippen LogP contribution in [0.2, 0.25) is 0 Å². The molecule has 1 saturated heterocycles. The second kappa shape index (κ2) is 6.45. The predicted molar refractivity (Wildman–Crippen MR) is 99.9 cm³/mol. The molecule has 1 aliphatic rings. The Labute approximate surface area is 148 Å². The molecule has 0 spiro atoms. The van der Waals surface area contributed by atoms with Crippen molar-refractivity contribution in [3.05, 3.63) is 54.1 Å². The Morgan fingerprint density at radius 1 is 1.21 bits per heavy atom. The molecule has 4 nitrogen and oxygen atoms in total. The quantitative estimate of drug-likeness (QED) is 0.691. The molecule has 2 heterocycles. The molecule has 4 rings (SSSR count). The Balaban J connectivity index is 1.68. The molecular formula is C18H16N2O2S2. The van der Waals surface area contributed by atoms with Crippen molar-refractivity contribution in [3.63, 3.8) is 0 Å². The van der Waals surface area contributed by atoms with Crippen LogP contribution in [0.3, 0.4) is 0 Å². The lowest BCUT2D eigenvalue weighted by molar-refractivity contribution is -0.115. The van der Waals surface area contributed by atoms with Gasteiger partial charge in [0.2, 0.25) is 5.91 Å². The topological polar surface area (TPSA) is 42.4 Å².